The second-order valence-corrected chi connectivity index (χ2v) is 5.39. The Hall–Kier alpha value is -2.01. The summed E-state index contributed by atoms with van der Waals surface area (Å²) < 4.78 is 7.32. The molecule has 21 heavy (non-hydrogen) atoms. The number of carbonyl (C=O) groups excluding carboxylic acids is 1. The van der Waals surface area contributed by atoms with Gasteiger partial charge in [-0.05, 0) is 45.0 Å². The van der Waals surface area contributed by atoms with E-state index in [1.807, 2.05) is 13.8 Å². The van der Waals surface area contributed by atoms with Gasteiger partial charge in [-0.2, -0.15) is 5.10 Å². The average Bonchev–Trinajstić information content (AvgIpc) is 2.89. The van der Waals surface area contributed by atoms with Crippen LogP contribution in [0.15, 0.2) is 36.5 Å². The second kappa shape index (κ2) is 6.63. The molecule has 0 aliphatic carbocycles. The molecule has 0 aliphatic heterocycles. The van der Waals surface area contributed by atoms with E-state index in [-0.39, 0.29) is 11.9 Å². The first kappa shape index (κ1) is 15.4. The number of rotatable bonds is 5. The number of hydrogen-bond acceptors (Lipinski definition) is 3. The molecule has 1 unspecified atom stereocenters. The van der Waals surface area contributed by atoms with Gasteiger partial charge >= 0.3 is 0 Å². The van der Waals surface area contributed by atoms with Crippen LogP contribution in [0.1, 0.15) is 26.8 Å². The molecule has 0 saturated heterocycles. The van der Waals surface area contributed by atoms with E-state index in [9.17, 15) is 4.79 Å². The summed E-state index contributed by atoms with van der Waals surface area (Å²) >= 11 is 5.81. The summed E-state index contributed by atoms with van der Waals surface area (Å²) in [5.41, 5.74) is 0. The lowest BCUT2D eigenvalue weighted by atomic mass is 10.3. The van der Waals surface area contributed by atoms with Crippen LogP contribution in [-0.2, 0) is 4.79 Å². The van der Waals surface area contributed by atoms with E-state index in [0.717, 1.165) is 0 Å². The number of carbonyl (C=O) groups is 1. The molecule has 0 fully saturated rings. The van der Waals surface area contributed by atoms with E-state index in [2.05, 4.69) is 10.4 Å². The van der Waals surface area contributed by atoms with Gasteiger partial charge in [0.15, 0.2) is 6.10 Å². The van der Waals surface area contributed by atoms with Gasteiger partial charge in [-0.3, -0.25) is 4.79 Å². The smallest absolute Gasteiger partial charge is 0.266 e. The van der Waals surface area contributed by atoms with Gasteiger partial charge in [-0.25, -0.2) is 4.68 Å². The molecule has 1 aromatic heterocycles. The SMILES string of the molecule is CC(Oc1ccc(Cl)cc1)C(=O)Nc1ccnn1C(C)C. The molecule has 1 aromatic carbocycles. The van der Waals surface area contributed by atoms with Crippen LogP contribution >= 0.6 is 11.6 Å². The van der Waals surface area contributed by atoms with Crippen LogP contribution in [0.5, 0.6) is 5.75 Å². The molecule has 1 atom stereocenters. The van der Waals surface area contributed by atoms with Crippen molar-refractivity contribution in [1.82, 2.24) is 9.78 Å². The minimum Gasteiger partial charge on any atom is -0.481 e. The number of anilines is 1. The van der Waals surface area contributed by atoms with Crippen LogP contribution in [0.2, 0.25) is 5.02 Å². The van der Waals surface area contributed by atoms with Gasteiger partial charge in [0, 0.05) is 17.1 Å². The lowest BCUT2D eigenvalue weighted by Gasteiger charge is -2.16. The summed E-state index contributed by atoms with van der Waals surface area (Å²) in [7, 11) is 0. The van der Waals surface area contributed by atoms with E-state index in [4.69, 9.17) is 16.3 Å². The predicted molar refractivity (Wildman–Crippen MR) is 82.8 cm³/mol. The highest BCUT2D eigenvalue weighted by molar-refractivity contribution is 6.30. The zero-order valence-electron chi connectivity index (χ0n) is 12.2. The number of benzene rings is 1. The summed E-state index contributed by atoms with van der Waals surface area (Å²) in [5.74, 6) is 1.02. The molecule has 0 saturated carbocycles. The number of amides is 1. The molecule has 1 N–H and O–H groups in total. The molecule has 1 amide bonds. The van der Waals surface area contributed by atoms with Crippen molar-refractivity contribution in [2.45, 2.75) is 32.9 Å². The van der Waals surface area contributed by atoms with Crippen LogP contribution < -0.4 is 10.1 Å². The van der Waals surface area contributed by atoms with Crippen molar-refractivity contribution in [3.63, 3.8) is 0 Å². The standard InChI is InChI=1S/C15H18ClN3O2/c1-10(2)19-14(8-9-17-19)18-15(20)11(3)21-13-6-4-12(16)5-7-13/h4-11H,1-3H3,(H,18,20). The summed E-state index contributed by atoms with van der Waals surface area (Å²) in [6, 6.07) is 8.81. The Balaban J connectivity index is 1.99. The van der Waals surface area contributed by atoms with E-state index in [1.165, 1.54) is 0 Å². The number of ether oxygens (including phenoxy) is 1. The molecular weight excluding hydrogens is 290 g/mol. The van der Waals surface area contributed by atoms with Crippen molar-refractivity contribution in [2.24, 2.45) is 0 Å². The van der Waals surface area contributed by atoms with E-state index >= 15 is 0 Å². The maximum atomic E-state index is 12.2. The van der Waals surface area contributed by atoms with Crippen molar-refractivity contribution in [1.29, 1.82) is 0 Å². The van der Waals surface area contributed by atoms with Gasteiger partial charge in [-0.1, -0.05) is 11.6 Å². The first-order chi connectivity index (χ1) is 9.97. The van der Waals surface area contributed by atoms with Crippen LogP contribution in [-0.4, -0.2) is 21.8 Å². The number of halogens is 1. The Labute approximate surface area is 128 Å². The Morgan fingerprint density at radius 3 is 2.52 bits per heavy atom. The quantitative estimate of drug-likeness (QED) is 0.919. The normalized spacial score (nSPS) is 12.2. The van der Waals surface area contributed by atoms with Crippen LogP contribution in [0, 0.1) is 0 Å². The van der Waals surface area contributed by atoms with E-state index in [0.29, 0.717) is 16.6 Å². The molecule has 1 heterocycles. The maximum Gasteiger partial charge on any atom is 0.266 e. The molecule has 112 valence electrons. The van der Waals surface area contributed by atoms with Crippen LogP contribution in [0.25, 0.3) is 0 Å². The van der Waals surface area contributed by atoms with Gasteiger partial charge in [0.1, 0.15) is 11.6 Å². The molecule has 6 heteroatoms. The lowest BCUT2D eigenvalue weighted by molar-refractivity contribution is -0.122. The summed E-state index contributed by atoms with van der Waals surface area (Å²) in [4.78, 5) is 12.2. The predicted octanol–water partition coefficient (Wildman–Crippen LogP) is 3.52. The first-order valence-electron chi connectivity index (χ1n) is 6.74. The van der Waals surface area contributed by atoms with Crippen molar-refractivity contribution in [3.05, 3.63) is 41.6 Å². The Morgan fingerprint density at radius 1 is 1.24 bits per heavy atom. The van der Waals surface area contributed by atoms with Gasteiger partial charge in [0.2, 0.25) is 0 Å². The fraction of sp³-hybridized carbons (Fsp3) is 0.333. The summed E-state index contributed by atoms with van der Waals surface area (Å²) in [6.45, 7) is 5.69. The highest BCUT2D eigenvalue weighted by Gasteiger charge is 2.17. The summed E-state index contributed by atoms with van der Waals surface area (Å²) in [5, 5.41) is 7.61. The third-order valence-corrected chi connectivity index (χ3v) is 3.16. The first-order valence-corrected chi connectivity index (χ1v) is 7.12. The highest BCUT2D eigenvalue weighted by atomic mass is 35.5. The summed E-state index contributed by atoms with van der Waals surface area (Å²) in [6.07, 6.45) is 1.03. The highest BCUT2D eigenvalue weighted by Crippen LogP contribution is 2.18. The zero-order valence-corrected chi connectivity index (χ0v) is 13.0. The van der Waals surface area contributed by atoms with Gasteiger partial charge in [0.05, 0.1) is 6.20 Å². The molecule has 5 nitrogen and oxygen atoms in total. The fourth-order valence-electron chi connectivity index (χ4n) is 1.82. The Bertz CT molecular complexity index is 608. The van der Waals surface area contributed by atoms with Crippen LogP contribution in [0.3, 0.4) is 0 Å². The second-order valence-electron chi connectivity index (χ2n) is 4.96. The Kier molecular flexibility index (Phi) is 4.85. The number of nitrogens with one attached hydrogen (secondary N) is 1. The van der Waals surface area contributed by atoms with E-state index in [1.54, 1.807) is 48.1 Å². The molecule has 2 rings (SSSR count). The fourth-order valence-corrected chi connectivity index (χ4v) is 1.95. The molecule has 0 aliphatic rings. The van der Waals surface area contributed by atoms with E-state index < -0.39 is 6.10 Å². The monoisotopic (exact) mass is 307 g/mol. The lowest BCUT2D eigenvalue weighted by Crippen LogP contribution is -2.31. The van der Waals surface area contributed by atoms with Gasteiger partial charge in [-0.15, -0.1) is 0 Å². The van der Waals surface area contributed by atoms with Crippen molar-refractivity contribution in [3.8, 4) is 5.75 Å². The van der Waals surface area contributed by atoms with Crippen molar-refractivity contribution < 1.29 is 9.53 Å². The van der Waals surface area contributed by atoms with Crippen molar-refractivity contribution >= 4 is 23.3 Å². The van der Waals surface area contributed by atoms with Gasteiger partial charge < -0.3 is 10.1 Å². The third-order valence-electron chi connectivity index (χ3n) is 2.91. The number of hydrogen-bond donors (Lipinski definition) is 1. The maximum absolute atomic E-state index is 12.2. The number of aromatic nitrogens is 2. The number of nitrogens with zero attached hydrogens (tertiary/aromatic N) is 2. The minimum atomic E-state index is -0.623. The van der Waals surface area contributed by atoms with Crippen LogP contribution in [0.4, 0.5) is 5.82 Å². The zero-order chi connectivity index (χ0) is 15.4. The largest absolute Gasteiger partial charge is 0.481 e. The molecule has 2 aromatic rings. The molecule has 0 bridgehead atoms. The molecular formula is C15H18ClN3O2. The van der Waals surface area contributed by atoms with Crippen molar-refractivity contribution in [2.75, 3.05) is 5.32 Å². The Morgan fingerprint density at radius 2 is 1.90 bits per heavy atom. The average molecular weight is 308 g/mol. The van der Waals surface area contributed by atoms with Gasteiger partial charge in [0.25, 0.3) is 5.91 Å². The minimum absolute atomic E-state index is 0.169. The molecule has 0 spiro atoms. The topological polar surface area (TPSA) is 56.1 Å². The third kappa shape index (κ3) is 3.98. The molecule has 0 radical (unpaired) electrons.